The number of aliphatic hydroxyl groups is 1. The van der Waals surface area contributed by atoms with Crippen molar-refractivity contribution in [2.24, 2.45) is 0 Å². The van der Waals surface area contributed by atoms with Crippen molar-refractivity contribution in [1.29, 1.82) is 0 Å². The SMILES string of the molecule is COC(=O)c1cccc(F)c1NCCN1CCOCC1.OCc1cccc(F)c1NCCN1CCOCC1. The molecule has 2 aliphatic heterocycles. The average molecular weight is 537 g/mol. The molecule has 4 rings (SSSR count). The lowest BCUT2D eigenvalue weighted by molar-refractivity contribution is 0.0398. The van der Waals surface area contributed by atoms with Gasteiger partial charge in [-0.1, -0.05) is 18.2 Å². The number of hydrogen-bond donors (Lipinski definition) is 3. The quantitative estimate of drug-likeness (QED) is 0.396. The Morgan fingerprint density at radius 1 is 0.868 bits per heavy atom. The summed E-state index contributed by atoms with van der Waals surface area (Å²) >= 11 is 0. The number of benzene rings is 2. The number of esters is 1. The Balaban J connectivity index is 0.000000212. The monoisotopic (exact) mass is 536 g/mol. The van der Waals surface area contributed by atoms with E-state index in [-0.39, 0.29) is 23.7 Å². The smallest absolute Gasteiger partial charge is 0.340 e. The molecule has 0 unspecified atom stereocenters. The largest absolute Gasteiger partial charge is 0.465 e. The number of para-hydroxylation sites is 2. The van der Waals surface area contributed by atoms with Crippen LogP contribution in [0, 0.1) is 11.6 Å². The summed E-state index contributed by atoms with van der Waals surface area (Å²) in [6.45, 7) is 9.28. The number of aliphatic hydroxyl groups excluding tert-OH is 1. The molecule has 0 radical (unpaired) electrons. The van der Waals surface area contributed by atoms with Gasteiger partial charge in [0.25, 0.3) is 0 Å². The summed E-state index contributed by atoms with van der Waals surface area (Å²) in [7, 11) is 1.28. The van der Waals surface area contributed by atoms with Crippen LogP contribution >= 0.6 is 0 Å². The van der Waals surface area contributed by atoms with Gasteiger partial charge in [0.15, 0.2) is 0 Å². The summed E-state index contributed by atoms with van der Waals surface area (Å²) in [5.41, 5.74) is 1.42. The van der Waals surface area contributed by atoms with Crippen LogP contribution in [0.15, 0.2) is 36.4 Å². The summed E-state index contributed by atoms with van der Waals surface area (Å²) in [4.78, 5) is 16.1. The highest BCUT2D eigenvalue weighted by Gasteiger charge is 2.16. The second-order valence-corrected chi connectivity index (χ2v) is 8.85. The van der Waals surface area contributed by atoms with Crippen LogP contribution in [-0.2, 0) is 20.8 Å². The van der Waals surface area contributed by atoms with Crippen molar-refractivity contribution in [2.75, 3.05) is 96.5 Å². The molecule has 0 spiro atoms. The number of nitrogens with one attached hydrogen (secondary N) is 2. The molecule has 210 valence electrons. The molecule has 0 bridgehead atoms. The maximum atomic E-state index is 13.8. The van der Waals surface area contributed by atoms with Crippen LogP contribution in [0.4, 0.5) is 20.2 Å². The molecule has 0 saturated carbocycles. The van der Waals surface area contributed by atoms with Gasteiger partial charge >= 0.3 is 5.97 Å². The van der Waals surface area contributed by atoms with E-state index in [9.17, 15) is 13.6 Å². The molecule has 2 fully saturated rings. The van der Waals surface area contributed by atoms with Crippen LogP contribution in [0.2, 0.25) is 0 Å². The van der Waals surface area contributed by atoms with Crippen LogP contribution in [0.25, 0.3) is 0 Å². The number of halogens is 2. The molecule has 2 aromatic carbocycles. The zero-order valence-corrected chi connectivity index (χ0v) is 21.9. The summed E-state index contributed by atoms with van der Waals surface area (Å²) in [5, 5.41) is 15.2. The molecule has 9 nitrogen and oxygen atoms in total. The van der Waals surface area contributed by atoms with E-state index in [2.05, 4.69) is 25.2 Å². The molecule has 0 aromatic heterocycles. The first kappa shape index (κ1) is 29.7. The second kappa shape index (κ2) is 16.2. The minimum absolute atomic E-state index is 0.155. The molecule has 2 aromatic rings. The third-order valence-electron chi connectivity index (χ3n) is 6.36. The molecule has 0 amide bonds. The van der Waals surface area contributed by atoms with E-state index in [1.165, 1.54) is 25.3 Å². The number of nitrogens with zero attached hydrogens (tertiary/aromatic N) is 2. The first-order valence-electron chi connectivity index (χ1n) is 12.9. The van der Waals surface area contributed by atoms with E-state index in [0.717, 1.165) is 65.7 Å². The molecular formula is C27H38F2N4O5. The van der Waals surface area contributed by atoms with Gasteiger partial charge in [-0.25, -0.2) is 13.6 Å². The van der Waals surface area contributed by atoms with Gasteiger partial charge in [-0.05, 0) is 18.2 Å². The number of rotatable bonds is 10. The molecule has 38 heavy (non-hydrogen) atoms. The van der Waals surface area contributed by atoms with Crippen LogP contribution in [0.1, 0.15) is 15.9 Å². The number of methoxy groups -OCH3 is 1. The summed E-state index contributed by atoms with van der Waals surface area (Å²) in [5.74, 6) is -1.31. The minimum Gasteiger partial charge on any atom is -0.465 e. The number of hydrogen-bond acceptors (Lipinski definition) is 9. The summed E-state index contributed by atoms with van der Waals surface area (Å²) < 4.78 is 42.6. The summed E-state index contributed by atoms with van der Waals surface area (Å²) in [6.07, 6.45) is 0. The van der Waals surface area contributed by atoms with Crippen molar-refractivity contribution in [3.05, 3.63) is 59.2 Å². The highest BCUT2D eigenvalue weighted by Crippen LogP contribution is 2.21. The topological polar surface area (TPSA) is 95.5 Å². The van der Waals surface area contributed by atoms with Crippen molar-refractivity contribution in [3.63, 3.8) is 0 Å². The van der Waals surface area contributed by atoms with Gasteiger partial charge in [0.2, 0.25) is 0 Å². The molecule has 3 N–H and O–H groups in total. The van der Waals surface area contributed by atoms with Gasteiger partial charge in [0.05, 0.1) is 57.1 Å². The van der Waals surface area contributed by atoms with E-state index in [1.54, 1.807) is 18.2 Å². The Morgan fingerprint density at radius 3 is 1.89 bits per heavy atom. The molecule has 11 heteroatoms. The number of carbonyl (C=O) groups is 1. The zero-order valence-electron chi connectivity index (χ0n) is 21.9. The molecule has 2 aliphatic rings. The normalized spacial score (nSPS) is 16.3. The van der Waals surface area contributed by atoms with Crippen molar-refractivity contribution < 1.29 is 32.9 Å². The standard InChI is InChI=1S/C14H19FN2O3.C13H19FN2O2/c1-19-14(18)11-3-2-4-12(15)13(11)16-5-6-17-7-9-20-10-8-17;14-12-3-1-2-11(10-17)13(12)15-4-5-16-6-8-18-9-7-16/h2-4,16H,5-10H2,1H3;1-3,15,17H,4-10H2. The van der Waals surface area contributed by atoms with Crippen LogP contribution < -0.4 is 10.6 Å². The van der Waals surface area contributed by atoms with Gasteiger partial charge < -0.3 is 30.0 Å². The maximum absolute atomic E-state index is 13.8. The lowest BCUT2D eigenvalue weighted by Gasteiger charge is -2.26. The van der Waals surface area contributed by atoms with E-state index < -0.39 is 11.8 Å². The summed E-state index contributed by atoms with van der Waals surface area (Å²) in [6, 6.07) is 9.09. The zero-order chi connectivity index (χ0) is 27.2. The Labute approximate surface area is 222 Å². The Morgan fingerprint density at radius 2 is 1.37 bits per heavy atom. The van der Waals surface area contributed by atoms with Gasteiger partial charge in [0.1, 0.15) is 11.6 Å². The minimum atomic E-state index is -0.543. The van der Waals surface area contributed by atoms with Crippen LogP contribution in [0.3, 0.4) is 0 Å². The highest BCUT2D eigenvalue weighted by molar-refractivity contribution is 5.95. The number of carbonyl (C=O) groups excluding carboxylic acids is 1. The lowest BCUT2D eigenvalue weighted by atomic mass is 10.1. The Kier molecular flexibility index (Phi) is 12.7. The number of morpholine rings is 2. The molecule has 0 atom stereocenters. The van der Waals surface area contributed by atoms with Crippen molar-refractivity contribution in [3.8, 4) is 0 Å². The van der Waals surface area contributed by atoms with Gasteiger partial charge in [-0.2, -0.15) is 0 Å². The molecule has 2 heterocycles. The van der Waals surface area contributed by atoms with Crippen LogP contribution in [-0.4, -0.2) is 107 Å². The third-order valence-corrected chi connectivity index (χ3v) is 6.36. The maximum Gasteiger partial charge on any atom is 0.340 e. The van der Waals surface area contributed by atoms with Crippen molar-refractivity contribution in [2.45, 2.75) is 6.61 Å². The fourth-order valence-corrected chi connectivity index (χ4v) is 4.21. The Bertz CT molecular complexity index is 1000. The first-order chi connectivity index (χ1) is 18.5. The van der Waals surface area contributed by atoms with Gasteiger partial charge in [-0.15, -0.1) is 0 Å². The molecule has 2 saturated heterocycles. The third kappa shape index (κ3) is 9.17. The highest BCUT2D eigenvalue weighted by atomic mass is 19.1. The average Bonchev–Trinajstić information content (AvgIpc) is 2.95. The fraction of sp³-hybridized carbons (Fsp3) is 0.519. The second-order valence-electron chi connectivity index (χ2n) is 8.85. The van der Waals surface area contributed by atoms with Crippen molar-refractivity contribution >= 4 is 17.3 Å². The van der Waals surface area contributed by atoms with Gasteiger partial charge in [0, 0.05) is 57.9 Å². The van der Waals surface area contributed by atoms with Gasteiger partial charge in [-0.3, -0.25) is 9.80 Å². The lowest BCUT2D eigenvalue weighted by Crippen LogP contribution is -2.39. The molecular weight excluding hydrogens is 498 g/mol. The van der Waals surface area contributed by atoms with E-state index in [0.29, 0.717) is 24.3 Å². The van der Waals surface area contributed by atoms with Crippen LogP contribution in [0.5, 0.6) is 0 Å². The van der Waals surface area contributed by atoms with E-state index in [4.69, 9.17) is 14.6 Å². The fourth-order valence-electron chi connectivity index (χ4n) is 4.21. The Hall–Kier alpha value is -2.83. The van der Waals surface area contributed by atoms with E-state index >= 15 is 0 Å². The molecule has 0 aliphatic carbocycles. The predicted octanol–water partition coefficient (Wildman–Crippen LogP) is 2.42. The predicted molar refractivity (Wildman–Crippen MR) is 142 cm³/mol. The van der Waals surface area contributed by atoms with E-state index in [1.807, 2.05) is 0 Å². The van der Waals surface area contributed by atoms with Crippen molar-refractivity contribution in [1.82, 2.24) is 9.80 Å². The first-order valence-corrected chi connectivity index (χ1v) is 12.9. The number of ether oxygens (including phenoxy) is 3. The number of anilines is 2.